The topological polar surface area (TPSA) is 55.9 Å². The lowest BCUT2D eigenvalue weighted by molar-refractivity contribution is -0.218. The van der Waals surface area contributed by atoms with E-state index in [4.69, 9.17) is 33.9 Å². The van der Waals surface area contributed by atoms with E-state index in [1.807, 2.05) is 14.0 Å². The second kappa shape index (κ2) is 7.59. The molecule has 1 aliphatic heterocycles. The molecule has 160 valence electrons. The Hall–Kier alpha value is -0.0300. The first-order valence-corrected chi connectivity index (χ1v) is 11.5. The quantitative estimate of drug-likeness (QED) is 0.374. The number of thiocarbonyl (C=S) groups is 1. The second-order valence-corrected chi connectivity index (χ2v) is 11.2. The molecule has 4 nitrogen and oxygen atoms in total. The van der Waals surface area contributed by atoms with E-state index in [0.717, 1.165) is 38.5 Å². The number of alkyl halides is 1. The van der Waals surface area contributed by atoms with Crippen molar-refractivity contribution in [1.29, 1.82) is 0 Å². The number of rotatable bonds is 3. The molecule has 0 unspecified atom stereocenters. The third-order valence-corrected chi connectivity index (χ3v) is 9.00. The average molecular weight is 428 g/mol. The minimum Gasteiger partial charge on any atom is -0.660 e. The van der Waals surface area contributed by atoms with Crippen molar-refractivity contribution in [3.05, 3.63) is 5.32 Å². The molecule has 0 radical (unpaired) electrons. The summed E-state index contributed by atoms with van der Waals surface area (Å²) in [6, 6.07) is -0.131. The van der Waals surface area contributed by atoms with E-state index in [1.165, 1.54) is 0 Å². The Kier molecular flexibility index (Phi) is 6.14. The fourth-order valence-electron chi connectivity index (χ4n) is 6.62. The third-order valence-electron chi connectivity index (χ3n) is 8.16. The fourth-order valence-corrected chi connectivity index (χ4v) is 6.98. The number of halogens is 1. The summed E-state index contributed by atoms with van der Waals surface area (Å²) in [4.78, 5) is 4.64. The maximum atomic E-state index is 11.2. The number of hydrogen-bond donors (Lipinski definition) is 1. The number of fused-ring (bicyclic) bond motifs is 1. The number of likely N-dealkylation sites (N-methyl/N-ethyl adjacent to an activating group) is 1. The zero-order chi connectivity index (χ0) is 21.0. The Morgan fingerprint density at radius 1 is 1.07 bits per heavy atom. The van der Waals surface area contributed by atoms with Crippen molar-refractivity contribution >= 4 is 29.0 Å². The predicted octanol–water partition coefficient (Wildman–Crippen LogP) is 5.36. The summed E-state index contributed by atoms with van der Waals surface area (Å²) in [7, 11) is 1.84. The minimum atomic E-state index is -0.802. The lowest BCUT2D eigenvalue weighted by atomic mass is 9.51. The van der Waals surface area contributed by atoms with Crippen molar-refractivity contribution < 1.29 is 9.84 Å². The van der Waals surface area contributed by atoms with Crippen molar-refractivity contribution in [3.63, 3.8) is 0 Å². The Labute approximate surface area is 180 Å². The van der Waals surface area contributed by atoms with Crippen LogP contribution < -0.4 is 0 Å². The van der Waals surface area contributed by atoms with Gasteiger partial charge in [-0.25, -0.2) is 4.99 Å². The average Bonchev–Trinajstić information content (AvgIpc) is 2.57. The largest absolute Gasteiger partial charge is 0.660 e. The Bertz CT molecular complexity index is 650. The van der Waals surface area contributed by atoms with Crippen LogP contribution in [-0.4, -0.2) is 51.1 Å². The maximum absolute atomic E-state index is 11.2. The van der Waals surface area contributed by atoms with Crippen LogP contribution in [-0.2, 0) is 4.74 Å². The Balaban J connectivity index is 2.03. The van der Waals surface area contributed by atoms with Crippen LogP contribution in [0.5, 0.6) is 0 Å². The molecule has 8 atom stereocenters. The lowest BCUT2D eigenvalue weighted by Gasteiger charge is -2.64. The van der Waals surface area contributed by atoms with Crippen molar-refractivity contribution in [2.45, 2.75) is 107 Å². The van der Waals surface area contributed by atoms with Crippen molar-refractivity contribution in [1.82, 2.24) is 0 Å². The van der Waals surface area contributed by atoms with Crippen molar-refractivity contribution in [2.75, 3.05) is 7.05 Å². The second-order valence-electron chi connectivity index (χ2n) is 10.5. The van der Waals surface area contributed by atoms with E-state index in [-0.39, 0.29) is 34.1 Å². The van der Waals surface area contributed by atoms with Crippen molar-refractivity contribution in [2.24, 2.45) is 22.7 Å². The number of aliphatic hydroxyl groups is 1. The Morgan fingerprint density at radius 2 is 1.71 bits per heavy atom. The van der Waals surface area contributed by atoms with E-state index < -0.39 is 5.60 Å². The molecule has 2 saturated carbocycles. The summed E-state index contributed by atoms with van der Waals surface area (Å²) in [5.74, 6) is 0.815. The molecular weight excluding hydrogens is 392 g/mol. The molecule has 0 spiro atoms. The standard InChI is InChI=1S/C22H36ClN2O2S/c1-19(2)16(23)9-12-22(5,27-19)15-7-10-20(3,25-13-28)14-8-11-21(4,26)18(24-6)17(14)15/h14-18,26H,7-12H2,1-6H3/q-1/t14-,15-,16+,17-,18+,20-,21+,22+/m0/s1. The number of hydrogen-bond acceptors (Lipinski definition) is 4. The number of nitrogens with zero attached hydrogens (tertiary/aromatic N) is 2. The lowest BCUT2D eigenvalue weighted by Crippen LogP contribution is -2.64. The van der Waals surface area contributed by atoms with Gasteiger partial charge in [-0.1, -0.05) is 0 Å². The molecule has 3 fully saturated rings. The highest BCUT2D eigenvalue weighted by Gasteiger charge is 2.58. The first-order valence-electron chi connectivity index (χ1n) is 10.6. The smallest absolute Gasteiger partial charge is 0.0796 e. The van der Waals surface area contributed by atoms with Gasteiger partial charge < -0.3 is 15.2 Å². The molecule has 3 aliphatic rings. The van der Waals surface area contributed by atoms with Crippen LogP contribution >= 0.6 is 23.8 Å². The van der Waals surface area contributed by atoms with Gasteiger partial charge in [0.2, 0.25) is 0 Å². The van der Waals surface area contributed by atoms with Crippen LogP contribution in [0, 0.1) is 17.8 Å². The van der Waals surface area contributed by atoms with Gasteiger partial charge in [0.15, 0.2) is 0 Å². The van der Waals surface area contributed by atoms with E-state index in [1.54, 1.807) is 0 Å². The minimum absolute atomic E-state index is 0.0192. The first kappa shape index (κ1) is 22.7. The van der Waals surface area contributed by atoms with Gasteiger partial charge in [0.05, 0.1) is 27.3 Å². The number of isothiocyanates is 1. The van der Waals surface area contributed by atoms with Gasteiger partial charge in [0.25, 0.3) is 0 Å². The van der Waals surface area contributed by atoms with Gasteiger partial charge in [0, 0.05) is 5.60 Å². The first-order chi connectivity index (χ1) is 12.9. The molecule has 0 aromatic heterocycles. The molecule has 0 bridgehead atoms. The highest BCUT2D eigenvalue weighted by molar-refractivity contribution is 7.78. The third kappa shape index (κ3) is 3.72. The Morgan fingerprint density at radius 3 is 2.29 bits per heavy atom. The van der Waals surface area contributed by atoms with E-state index in [0.29, 0.717) is 11.8 Å². The van der Waals surface area contributed by atoms with Gasteiger partial charge in [-0.15, -0.1) is 17.6 Å². The van der Waals surface area contributed by atoms with Crippen LogP contribution in [0.4, 0.5) is 0 Å². The summed E-state index contributed by atoms with van der Waals surface area (Å²) >= 11 is 11.6. The van der Waals surface area contributed by atoms with Gasteiger partial charge >= 0.3 is 0 Å². The summed E-state index contributed by atoms with van der Waals surface area (Å²) < 4.78 is 6.73. The molecule has 3 rings (SSSR count). The van der Waals surface area contributed by atoms with Crippen LogP contribution in [0.2, 0.25) is 0 Å². The van der Waals surface area contributed by atoms with Gasteiger partial charge in [0.1, 0.15) is 0 Å². The van der Waals surface area contributed by atoms with Crippen molar-refractivity contribution in [3.8, 4) is 0 Å². The van der Waals surface area contributed by atoms with Crippen LogP contribution in [0.3, 0.4) is 0 Å². The highest BCUT2D eigenvalue weighted by Crippen LogP contribution is 2.58. The molecule has 1 saturated heterocycles. The molecule has 2 aliphatic carbocycles. The molecule has 6 heteroatoms. The molecule has 0 amide bonds. The van der Waals surface area contributed by atoms with Gasteiger partial charge in [-0.2, -0.15) is 7.05 Å². The van der Waals surface area contributed by atoms with Gasteiger partial charge in [-0.05, 0) is 103 Å². The number of ether oxygens (including phenoxy) is 1. The van der Waals surface area contributed by atoms with Crippen LogP contribution in [0.1, 0.15) is 73.1 Å². The number of aliphatic imine (C=N–C) groups is 1. The summed E-state index contributed by atoms with van der Waals surface area (Å²) in [6.07, 6.45) is 5.49. The van der Waals surface area contributed by atoms with E-state index in [2.05, 4.69) is 37.8 Å². The fraction of sp³-hybridized carbons (Fsp3) is 0.955. The summed E-state index contributed by atoms with van der Waals surface area (Å²) in [5, 5.41) is 18.6. The SMILES string of the molecule is C[N-][C@@H]1[C@@H]2[C@@H]([C@@]3(C)CC[C@@H](Cl)C(C)(C)O3)CC[C@](C)(N=C=S)[C@H]2CC[C@@]1(C)O. The van der Waals surface area contributed by atoms with Crippen LogP contribution in [0.15, 0.2) is 4.99 Å². The summed E-state index contributed by atoms with van der Waals surface area (Å²) in [5.41, 5.74) is -1.69. The highest BCUT2D eigenvalue weighted by atomic mass is 35.5. The molecule has 1 heterocycles. The van der Waals surface area contributed by atoms with Crippen LogP contribution in [0.25, 0.3) is 5.32 Å². The zero-order valence-electron chi connectivity index (χ0n) is 18.2. The maximum Gasteiger partial charge on any atom is 0.0796 e. The molecule has 0 aromatic rings. The molecule has 1 N–H and O–H groups in total. The zero-order valence-corrected chi connectivity index (χ0v) is 19.7. The molecule has 28 heavy (non-hydrogen) atoms. The van der Waals surface area contributed by atoms with E-state index >= 15 is 0 Å². The van der Waals surface area contributed by atoms with Gasteiger partial charge in [-0.3, -0.25) is 0 Å². The summed E-state index contributed by atoms with van der Waals surface area (Å²) in [6.45, 7) is 10.6. The molecule has 0 aromatic carbocycles. The molecular formula is C22H36ClN2O2S-. The normalized spacial score (nSPS) is 51.1. The monoisotopic (exact) mass is 427 g/mol. The predicted molar refractivity (Wildman–Crippen MR) is 119 cm³/mol. The van der Waals surface area contributed by atoms with E-state index in [9.17, 15) is 5.11 Å².